The lowest BCUT2D eigenvalue weighted by Gasteiger charge is -2.09. The van der Waals surface area contributed by atoms with Crippen LogP contribution in [-0.2, 0) is 13.6 Å². The maximum Gasteiger partial charge on any atom is 0.406 e. The van der Waals surface area contributed by atoms with Gasteiger partial charge in [-0.2, -0.15) is 13.2 Å². The molecular weight excluding hydrogens is 375 g/mol. The Morgan fingerprint density at radius 2 is 1.87 bits per heavy atom. The number of benzene rings is 1. The summed E-state index contributed by atoms with van der Waals surface area (Å²) in [5.41, 5.74) is 0.886. The highest BCUT2D eigenvalue weighted by Gasteiger charge is 2.30. The Bertz CT molecular complexity index is 929. The van der Waals surface area contributed by atoms with Gasteiger partial charge in [-0.15, -0.1) is 0 Å². The zero-order valence-corrected chi connectivity index (χ0v) is 13.5. The van der Waals surface area contributed by atoms with Crippen LogP contribution in [0.1, 0.15) is 0 Å². The smallest absolute Gasteiger partial charge is 0.322 e. The van der Waals surface area contributed by atoms with Crippen molar-refractivity contribution in [3.05, 3.63) is 51.6 Å². The first-order valence-corrected chi connectivity index (χ1v) is 7.44. The van der Waals surface area contributed by atoms with E-state index in [2.05, 4.69) is 20.9 Å². The first kappa shape index (κ1) is 15.8. The van der Waals surface area contributed by atoms with Crippen LogP contribution in [0.4, 0.5) is 13.2 Å². The Balaban J connectivity index is 2.34. The first-order valence-electron chi connectivity index (χ1n) is 6.65. The Kier molecular flexibility index (Phi) is 3.79. The molecule has 0 saturated heterocycles. The molecule has 0 aliphatic heterocycles. The van der Waals surface area contributed by atoms with E-state index in [0.717, 1.165) is 11.9 Å². The standard InChI is InChI=1S/C15H11BrF3N3O/c1-21-12(16)10(9-5-3-2-4-6-9)11-13(21)20-8-22(14(11)23)7-15(17,18)19/h2-6,8H,7H2,1H3. The predicted molar refractivity (Wildman–Crippen MR) is 84.2 cm³/mol. The van der Waals surface area contributed by atoms with Gasteiger partial charge in [-0.3, -0.25) is 9.36 Å². The largest absolute Gasteiger partial charge is 0.406 e. The second-order valence-electron chi connectivity index (χ2n) is 5.08. The minimum absolute atomic E-state index is 0.164. The molecule has 0 saturated carbocycles. The van der Waals surface area contributed by atoms with Crippen molar-refractivity contribution in [2.45, 2.75) is 12.7 Å². The molecule has 4 nitrogen and oxygen atoms in total. The highest BCUT2D eigenvalue weighted by molar-refractivity contribution is 9.10. The number of hydrogen-bond acceptors (Lipinski definition) is 2. The van der Waals surface area contributed by atoms with Gasteiger partial charge in [0.2, 0.25) is 0 Å². The summed E-state index contributed by atoms with van der Waals surface area (Å²) in [6, 6.07) is 9.00. The molecule has 0 fully saturated rings. The third-order valence-electron chi connectivity index (χ3n) is 3.50. The summed E-state index contributed by atoms with van der Waals surface area (Å²) in [5, 5.41) is 0.164. The topological polar surface area (TPSA) is 39.8 Å². The van der Waals surface area contributed by atoms with E-state index in [1.54, 1.807) is 35.9 Å². The van der Waals surface area contributed by atoms with Crippen LogP contribution >= 0.6 is 15.9 Å². The Morgan fingerprint density at radius 3 is 2.48 bits per heavy atom. The average molecular weight is 386 g/mol. The summed E-state index contributed by atoms with van der Waals surface area (Å²) in [4.78, 5) is 16.6. The number of fused-ring (bicyclic) bond motifs is 1. The van der Waals surface area contributed by atoms with Crippen LogP contribution in [-0.4, -0.2) is 20.3 Å². The number of nitrogens with zero attached hydrogens (tertiary/aromatic N) is 3. The molecular formula is C15H11BrF3N3O. The second kappa shape index (κ2) is 5.52. The van der Waals surface area contributed by atoms with Crippen molar-refractivity contribution in [1.82, 2.24) is 14.1 Å². The molecule has 0 atom stereocenters. The summed E-state index contributed by atoms with van der Waals surface area (Å²) in [6.45, 7) is -1.37. The molecule has 0 unspecified atom stereocenters. The Morgan fingerprint density at radius 1 is 1.22 bits per heavy atom. The number of rotatable bonds is 2. The molecule has 0 spiro atoms. The number of halogens is 4. The van der Waals surface area contributed by atoms with Gasteiger partial charge in [0.1, 0.15) is 18.5 Å². The van der Waals surface area contributed by atoms with Gasteiger partial charge in [-0.05, 0) is 21.5 Å². The Hall–Kier alpha value is -2.09. The molecule has 3 rings (SSSR count). The summed E-state index contributed by atoms with van der Waals surface area (Å²) < 4.78 is 40.7. The van der Waals surface area contributed by atoms with Crippen molar-refractivity contribution >= 4 is 27.0 Å². The zero-order valence-electron chi connectivity index (χ0n) is 11.9. The lowest BCUT2D eigenvalue weighted by Crippen LogP contribution is -2.28. The lowest BCUT2D eigenvalue weighted by molar-refractivity contribution is -0.141. The van der Waals surface area contributed by atoms with Crippen LogP contribution < -0.4 is 5.56 Å². The molecule has 8 heteroatoms. The van der Waals surface area contributed by atoms with Gasteiger partial charge < -0.3 is 4.57 Å². The molecule has 23 heavy (non-hydrogen) atoms. The van der Waals surface area contributed by atoms with Crippen LogP contribution in [0.25, 0.3) is 22.2 Å². The summed E-state index contributed by atoms with van der Waals surface area (Å²) >= 11 is 3.40. The molecule has 0 bridgehead atoms. The molecule has 0 amide bonds. The number of hydrogen-bond donors (Lipinski definition) is 0. The molecule has 0 aliphatic carbocycles. The average Bonchev–Trinajstić information content (AvgIpc) is 2.75. The van der Waals surface area contributed by atoms with Crippen LogP contribution in [0.2, 0.25) is 0 Å². The molecule has 1 aromatic carbocycles. The molecule has 0 aliphatic rings. The number of aryl methyl sites for hydroxylation is 1. The van der Waals surface area contributed by atoms with E-state index in [9.17, 15) is 18.0 Å². The lowest BCUT2D eigenvalue weighted by atomic mass is 10.1. The van der Waals surface area contributed by atoms with Gasteiger partial charge in [0, 0.05) is 12.6 Å². The summed E-state index contributed by atoms with van der Waals surface area (Å²) in [6.07, 6.45) is -3.56. The van der Waals surface area contributed by atoms with E-state index in [0.29, 0.717) is 20.4 Å². The van der Waals surface area contributed by atoms with Gasteiger partial charge in [0.25, 0.3) is 5.56 Å². The SMILES string of the molecule is Cn1c(Br)c(-c2ccccc2)c2c(=O)n(CC(F)(F)F)cnc21. The number of alkyl halides is 3. The number of aromatic nitrogens is 3. The fourth-order valence-electron chi connectivity index (χ4n) is 2.49. The molecule has 0 N–H and O–H groups in total. The van der Waals surface area contributed by atoms with Crippen LogP contribution in [0.5, 0.6) is 0 Å². The van der Waals surface area contributed by atoms with Crippen LogP contribution in [0, 0.1) is 0 Å². The van der Waals surface area contributed by atoms with Gasteiger partial charge in [0.05, 0.1) is 9.99 Å². The highest BCUT2D eigenvalue weighted by atomic mass is 79.9. The third kappa shape index (κ3) is 2.78. The maximum atomic E-state index is 12.6. The summed E-state index contributed by atoms with van der Waals surface area (Å²) in [5.74, 6) is 0. The molecule has 120 valence electrons. The quantitative estimate of drug-likeness (QED) is 0.674. The minimum Gasteiger partial charge on any atom is -0.322 e. The van der Waals surface area contributed by atoms with Crippen molar-refractivity contribution in [3.8, 4) is 11.1 Å². The predicted octanol–water partition coefficient (Wildman–Crippen LogP) is 3.73. The first-order chi connectivity index (χ1) is 10.8. The van der Waals surface area contributed by atoms with Crippen molar-refractivity contribution in [1.29, 1.82) is 0 Å². The molecule has 2 aromatic heterocycles. The highest BCUT2D eigenvalue weighted by Crippen LogP contribution is 2.35. The monoisotopic (exact) mass is 385 g/mol. The van der Waals surface area contributed by atoms with Gasteiger partial charge in [-0.1, -0.05) is 30.3 Å². The maximum absolute atomic E-state index is 12.6. The Labute approximate surface area is 137 Å². The fraction of sp³-hybridized carbons (Fsp3) is 0.200. The second-order valence-corrected chi connectivity index (χ2v) is 5.83. The van der Waals surface area contributed by atoms with E-state index in [-0.39, 0.29) is 5.39 Å². The van der Waals surface area contributed by atoms with Crippen molar-refractivity contribution in [2.24, 2.45) is 7.05 Å². The van der Waals surface area contributed by atoms with Gasteiger partial charge >= 0.3 is 6.18 Å². The van der Waals surface area contributed by atoms with E-state index >= 15 is 0 Å². The molecule has 2 heterocycles. The zero-order chi connectivity index (χ0) is 16.8. The summed E-state index contributed by atoms with van der Waals surface area (Å²) in [7, 11) is 1.69. The van der Waals surface area contributed by atoms with Crippen LogP contribution in [0.3, 0.4) is 0 Å². The van der Waals surface area contributed by atoms with Crippen LogP contribution in [0.15, 0.2) is 46.1 Å². The van der Waals surface area contributed by atoms with Crippen molar-refractivity contribution in [2.75, 3.05) is 0 Å². The fourth-order valence-corrected chi connectivity index (χ4v) is 3.09. The molecule has 0 radical (unpaired) electrons. The van der Waals surface area contributed by atoms with Crippen molar-refractivity contribution in [3.63, 3.8) is 0 Å². The van der Waals surface area contributed by atoms with E-state index in [4.69, 9.17) is 0 Å². The third-order valence-corrected chi connectivity index (χ3v) is 4.43. The minimum atomic E-state index is -4.49. The van der Waals surface area contributed by atoms with E-state index in [1.807, 2.05) is 6.07 Å². The van der Waals surface area contributed by atoms with Gasteiger partial charge in [-0.25, -0.2) is 4.98 Å². The van der Waals surface area contributed by atoms with Crippen molar-refractivity contribution < 1.29 is 13.2 Å². The van der Waals surface area contributed by atoms with E-state index in [1.165, 1.54) is 0 Å². The van der Waals surface area contributed by atoms with Gasteiger partial charge in [0.15, 0.2) is 0 Å². The molecule has 3 aromatic rings. The normalized spacial score (nSPS) is 12.0. The van der Waals surface area contributed by atoms with E-state index < -0.39 is 18.3 Å².